The van der Waals surface area contributed by atoms with E-state index in [1.54, 1.807) is 31.3 Å². The summed E-state index contributed by atoms with van der Waals surface area (Å²) in [6.07, 6.45) is 9.47. The number of ether oxygens (including phenoxy) is 1. The average molecular weight is 633 g/mol. The minimum atomic E-state index is -0.710. The summed E-state index contributed by atoms with van der Waals surface area (Å²) in [4.78, 5) is 45.1. The van der Waals surface area contributed by atoms with Gasteiger partial charge in [-0.15, -0.1) is 0 Å². The second-order valence-electron chi connectivity index (χ2n) is 14.2. The fourth-order valence-electron chi connectivity index (χ4n) is 7.67. The molecule has 2 amide bonds. The van der Waals surface area contributed by atoms with Gasteiger partial charge in [-0.25, -0.2) is 4.98 Å². The third kappa shape index (κ3) is 6.53. The third-order valence-corrected chi connectivity index (χ3v) is 10.7. The molecule has 4 aliphatic rings. The van der Waals surface area contributed by atoms with Crippen molar-refractivity contribution in [3.63, 3.8) is 0 Å². The van der Waals surface area contributed by atoms with E-state index < -0.39 is 5.54 Å². The van der Waals surface area contributed by atoms with Crippen LogP contribution in [0.5, 0.6) is 5.75 Å². The van der Waals surface area contributed by atoms with Crippen LogP contribution < -0.4 is 25.2 Å². The molecule has 2 N–H and O–H groups in total. The summed E-state index contributed by atoms with van der Waals surface area (Å²) in [6, 6.07) is 6.30. The zero-order valence-corrected chi connectivity index (χ0v) is 28.5. The van der Waals surface area contributed by atoms with Gasteiger partial charge >= 0.3 is 0 Å². The Hall–Kier alpha value is -3.44. The lowest BCUT2D eigenvalue weighted by Crippen LogP contribution is -2.63. The van der Waals surface area contributed by atoms with E-state index >= 15 is 0 Å². The number of nitrogens with zero attached hydrogens (tertiary/aromatic N) is 6. The molecule has 1 aromatic heterocycles. The molecule has 1 saturated heterocycles. The first-order chi connectivity index (χ1) is 22.1. The van der Waals surface area contributed by atoms with Gasteiger partial charge in [-0.2, -0.15) is 4.98 Å². The van der Waals surface area contributed by atoms with Gasteiger partial charge in [-0.3, -0.25) is 14.5 Å². The number of carbonyl (C=O) groups excluding carboxylic acids is 2. The molecule has 2 aromatic rings. The van der Waals surface area contributed by atoms with Crippen LogP contribution in [0, 0.1) is 5.92 Å². The van der Waals surface area contributed by atoms with Gasteiger partial charge in [-0.05, 0) is 89.8 Å². The molecule has 2 saturated carbocycles. The summed E-state index contributed by atoms with van der Waals surface area (Å²) in [5, 5.41) is 6.57. The largest absolute Gasteiger partial charge is 0.495 e. The number of nitrogens with one attached hydrogen (secondary N) is 2. The minimum absolute atomic E-state index is 0.0292. The van der Waals surface area contributed by atoms with Crippen LogP contribution in [0.3, 0.4) is 0 Å². The molecule has 250 valence electrons. The SMILES string of the molecule is CCC1(C)C(=O)N(C)c2cnc(Nc3ccc(C(=O)NC4CCC(N5CCN(CC6CC6)CC5)CC4)cc3OC)nc2N1C(C)C. The predicted octanol–water partition coefficient (Wildman–Crippen LogP) is 4.66. The number of fused-ring (bicyclic) bond motifs is 1. The Labute approximate surface area is 274 Å². The molecule has 0 spiro atoms. The topological polar surface area (TPSA) is 106 Å². The number of amides is 2. The van der Waals surface area contributed by atoms with Crippen LogP contribution in [0.15, 0.2) is 24.4 Å². The van der Waals surface area contributed by atoms with E-state index in [0.29, 0.717) is 46.9 Å². The molecule has 2 aliphatic carbocycles. The Bertz CT molecular complexity index is 1410. The van der Waals surface area contributed by atoms with Crippen molar-refractivity contribution in [1.29, 1.82) is 0 Å². The maximum Gasteiger partial charge on any atom is 0.252 e. The number of likely N-dealkylation sites (N-methyl/N-ethyl adjacent to an activating group) is 1. The first-order valence-electron chi connectivity index (χ1n) is 17.3. The summed E-state index contributed by atoms with van der Waals surface area (Å²) in [7, 11) is 3.37. The van der Waals surface area contributed by atoms with Crippen LogP contribution in [-0.4, -0.2) is 102 Å². The highest BCUT2D eigenvalue weighted by atomic mass is 16.5. The summed E-state index contributed by atoms with van der Waals surface area (Å²) < 4.78 is 5.69. The van der Waals surface area contributed by atoms with E-state index in [0.717, 1.165) is 31.6 Å². The van der Waals surface area contributed by atoms with Crippen molar-refractivity contribution in [2.45, 2.75) is 96.3 Å². The van der Waals surface area contributed by atoms with Crippen LogP contribution >= 0.6 is 0 Å². The fraction of sp³-hybridized carbons (Fsp3) is 0.657. The number of hydrogen-bond donors (Lipinski definition) is 2. The highest BCUT2D eigenvalue weighted by Gasteiger charge is 2.47. The Morgan fingerprint density at radius 2 is 1.80 bits per heavy atom. The van der Waals surface area contributed by atoms with Crippen LogP contribution in [-0.2, 0) is 4.79 Å². The fourth-order valence-corrected chi connectivity index (χ4v) is 7.67. The number of aromatic nitrogens is 2. The van der Waals surface area contributed by atoms with E-state index in [1.807, 2.05) is 26.0 Å². The molecular weight excluding hydrogens is 580 g/mol. The molecule has 11 nitrogen and oxygen atoms in total. The quantitative estimate of drug-likeness (QED) is 0.387. The van der Waals surface area contributed by atoms with Crippen molar-refractivity contribution >= 4 is 35.0 Å². The summed E-state index contributed by atoms with van der Waals surface area (Å²) >= 11 is 0. The molecule has 2 aliphatic heterocycles. The Kier molecular flexibility index (Phi) is 9.43. The predicted molar refractivity (Wildman–Crippen MR) is 182 cm³/mol. The highest BCUT2D eigenvalue weighted by molar-refractivity contribution is 6.07. The molecule has 0 radical (unpaired) electrons. The van der Waals surface area contributed by atoms with Crippen molar-refractivity contribution in [3.05, 3.63) is 30.0 Å². The van der Waals surface area contributed by atoms with Gasteiger partial charge < -0.3 is 30.1 Å². The molecule has 3 heterocycles. The average Bonchev–Trinajstić information content (AvgIpc) is 3.88. The number of piperazine rings is 1. The zero-order chi connectivity index (χ0) is 32.6. The van der Waals surface area contributed by atoms with Gasteiger partial charge in [0, 0.05) is 63.5 Å². The van der Waals surface area contributed by atoms with Gasteiger partial charge in [0.25, 0.3) is 11.8 Å². The second kappa shape index (κ2) is 13.4. The maximum atomic E-state index is 13.3. The molecule has 6 rings (SSSR count). The Morgan fingerprint density at radius 3 is 2.43 bits per heavy atom. The number of carbonyl (C=O) groups is 2. The van der Waals surface area contributed by atoms with Crippen molar-refractivity contribution < 1.29 is 14.3 Å². The van der Waals surface area contributed by atoms with E-state index in [-0.39, 0.29) is 23.9 Å². The molecular formula is C35H52N8O3. The summed E-state index contributed by atoms with van der Waals surface area (Å²) in [5.41, 5.74) is 1.19. The second-order valence-corrected chi connectivity index (χ2v) is 14.2. The van der Waals surface area contributed by atoms with Crippen molar-refractivity contribution in [1.82, 2.24) is 25.1 Å². The maximum absolute atomic E-state index is 13.3. The lowest BCUT2D eigenvalue weighted by atomic mass is 9.89. The van der Waals surface area contributed by atoms with Crippen LogP contribution in [0.25, 0.3) is 0 Å². The minimum Gasteiger partial charge on any atom is -0.495 e. The number of rotatable bonds is 10. The van der Waals surface area contributed by atoms with E-state index in [2.05, 4.69) is 44.2 Å². The molecule has 1 atom stereocenters. The monoisotopic (exact) mass is 632 g/mol. The molecule has 0 bridgehead atoms. The third-order valence-electron chi connectivity index (χ3n) is 10.7. The van der Waals surface area contributed by atoms with Gasteiger partial charge in [0.2, 0.25) is 5.95 Å². The van der Waals surface area contributed by atoms with Crippen LogP contribution in [0.4, 0.5) is 23.1 Å². The smallest absolute Gasteiger partial charge is 0.252 e. The number of anilines is 4. The molecule has 1 aromatic carbocycles. The van der Waals surface area contributed by atoms with Crippen LogP contribution in [0.2, 0.25) is 0 Å². The van der Waals surface area contributed by atoms with E-state index in [9.17, 15) is 9.59 Å². The Morgan fingerprint density at radius 1 is 1.09 bits per heavy atom. The van der Waals surface area contributed by atoms with Crippen molar-refractivity contribution in [3.8, 4) is 5.75 Å². The van der Waals surface area contributed by atoms with Crippen molar-refractivity contribution in [2.75, 3.05) is 62.0 Å². The van der Waals surface area contributed by atoms with E-state index in [4.69, 9.17) is 9.72 Å². The summed E-state index contributed by atoms with van der Waals surface area (Å²) in [6.45, 7) is 14.2. The molecule has 11 heteroatoms. The highest BCUT2D eigenvalue weighted by Crippen LogP contribution is 2.42. The van der Waals surface area contributed by atoms with Gasteiger partial charge in [0.15, 0.2) is 5.82 Å². The lowest BCUT2D eigenvalue weighted by molar-refractivity contribution is -0.123. The normalized spacial score (nSPS) is 25.8. The van der Waals surface area contributed by atoms with Crippen molar-refractivity contribution in [2.24, 2.45) is 5.92 Å². The Balaban J connectivity index is 1.07. The number of benzene rings is 1. The first-order valence-corrected chi connectivity index (χ1v) is 17.3. The van der Waals surface area contributed by atoms with E-state index in [1.165, 1.54) is 45.6 Å². The standard InChI is InChI=1S/C35H52N8O3/c1-7-35(4)33(45)40(5)29-21-36-34(39-31(29)43(35)23(2)3)38-28-15-10-25(20-30(28)46-6)32(44)37-26-11-13-27(14-12-26)42-18-16-41(17-19-42)22-24-8-9-24/h10,15,20-21,23-24,26-27H,7-9,11-14,16-19,22H2,1-6H3,(H,37,44)(H,36,38,39). The molecule has 1 unspecified atom stereocenters. The summed E-state index contributed by atoms with van der Waals surface area (Å²) in [5.74, 6) is 2.55. The molecule has 46 heavy (non-hydrogen) atoms. The van der Waals surface area contributed by atoms with Gasteiger partial charge in [0.1, 0.15) is 17.0 Å². The first kappa shape index (κ1) is 32.5. The van der Waals surface area contributed by atoms with Gasteiger partial charge in [-0.1, -0.05) is 6.92 Å². The van der Waals surface area contributed by atoms with Gasteiger partial charge in [0.05, 0.1) is 19.0 Å². The van der Waals surface area contributed by atoms with Crippen LogP contribution in [0.1, 0.15) is 83.0 Å². The number of hydrogen-bond acceptors (Lipinski definition) is 9. The zero-order valence-electron chi connectivity index (χ0n) is 28.5. The lowest BCUT2D eigenvalue weighted by Gasteiger charge is -2.49. The molecule has 3 fully saturated rings. The number of methoxy groups -OCH3 is 1.